The van der Waals surface area contributed by atoms with Crippen LogP contribution in [0.25, 0.3) is 22.2 Å². The van der Waals surface area contributed by atoms with Crippen molar-refractivity contribution in [3.8, 4) is 17.0 Å². The van der Waals surface area contributed by atoms with Crippen LogP contribution in [0.1, 0.15) is 82.2 Å². The normalized spacial score (nSPS) is 14.0. The molecule has 1 aliphatic rings. The molecule has 1 N–H and O–H groups in total. The van der Waals surface area contributed by atoms with E-state index in [-0.39, 0.29) is 43.6 Å². The van der Waals surface area contributed by atoms with Crippen LogP contribution in [-0.4, -0.2) is 15.1 Å². The van der Waals surface area contributed by atoms with Gasteiger partial charge in [-0.2, -0.15) is 0 Å². The fourth-order valence-electron chi connectivity index (χ4n) is 6.35. The Kier molecular flexibility index (Phi) is 7.60. The van der Waals surface area contributed by atoms with Crippen LogP contribution in [0, 0.1) is 13.0 Å². The van der Waals surface area contributed by atoms with Crippen LogP contribution < -0.4 is 4.90 Å². The van der Waals surface area contributed by atoms with Gasteiger partial charge in [0.25, 0.3) is 0 Å². The number of nitrogens with zero attached hydrogens (tertiary/aromatic N) is 3. The molecule has 218 valence electrons. The van der Waals surface area contributed by atoms with Crippen LogP contribution in [0.4, 0.5) is 17.2 Å². The molecule has 0 amide bonds. The molecule has 3 aromatic carbocycles. The SMILES string of the molecule is Cc1ccc2c(c1)N(c1ccccn1)c1[c-]c(-c3ccc4c(C(C)(C)C)ccc(O)c4n3)cc(C(C)C)c1C2(C)C.[Pt]. The van der Waals surface area contributed by atoms with E-state index in [0.717, 1.165) is 39.4 Å². The fourth-order valence-corrected chi connectivity index (χ4v) is 6.35. The molecule has 5 aromatic rings. The predicted molar refractivity (Wildman–Crippen MR) is 170 cm³/mol. The van der Waals surface area contributed by atoms with Gasteiger partial charge in [0.15, 0.2) is 0 Å². The number of pyridine rings is 2. The summed E-state index contributed by atoms with van der Waals surface area (Å²) >= 11 is 0. The molecule has 6 rings (SSSR count). The Morgan fingerprint density at radius 3 is 2.38 bits per heavy atom. The van der Waals surface area contributed by atoms with E-state index < -0.39 is 0 Å². The Balaban J connectivity index is 0.00000353. The monoisotopic (exact) mass is 735 g/mol. The van der Waals surface area contributed by atoms with E-state index >= 15 is 0 Å². The summed E-state index contributed by atoms with van der Waals surface area (Å²) in [5.41, 5.74) is 10.3. The van der Waals surface area contributed by atoms with Gasteiger partial charge in [0.2, 0.25) is 0 Å². The van der Waals surface area contributed by atoms with Crippen LogP contribution in [0.5, 0.6) is 5.75 Å². The van der Waals surface area contributed by atoms with Crippen LogP contribution in [0.15, 0.2) is 72.9 Å². The molecule has 0 fully saturated rings. The topological polar surface area (TPSA) is 49.2 Å². The number of aromatic nitrogens is 2. The van der Waals surface area contributed by atoms with Crippen molar-refractivity contribution >= 4 is 28.1 Å². The number of rotatable bonds is 3. The molecule has 0 radical (unpaired) electrons. The Morgan fingerprint density at radius 1 is 0.952 bits per heavy atom. The second kappa shape index (κ2) is 10.7. The zero-order chi connectivity index (χ0) is 29.3. The molecule has 4 nitrogen and oxygen atoms in total. The van der Waals surface area contributed by atoms with Gasteiger partial charge in [-0.25, -0.2) is 4.98 Å². The molecule has 0 saturated carbocycles. The quantitative estimate of drug-likeness (QED) is 0.188. The molecule has 42 heavy (non-hydrogen) atoms. The molecule has 0 bridgehead atoms. The summed E-state index contributed by atoms with van der Waals surface area (Å²) in [4.78, 5) is 12.1. The number of anilines is 3. The molecule has 5 heteroatoms. The molecule has 0 atom stereocenters. The number of aryl methyl sites for hydroxylation is 1. The van der Waals surface area contributed by atoms with Gasteiger partial charge >= 0.3 is 0 Å². The summed E-state index contributed by atoms with van der Waals surface area (Å²) in [5.74, 6) is 1.32. The minimum Gasteiger partial charge on any atom is -0.506 e. The molecule has 3 heterocycles. The van der Waals surface area contributed by atoms with Crippen LogP contribution >= 0.6 is 0 Å². The Hall–Kier alpha value is -3.49. The number of hydrogen-bond donors (Lipinski definition) is 1. The molecule has 0 aliphatic carbocycles. The van der Waals surface area contributed by atoms with Gasteiger partial charge in [0.05, 0.1) is 0 Å². The maximum Gasteiger partial charge on any atom is 0.140 e. The Morgan fingerprint density at radius 2 is 1.71 bits per heavy atom. The summed E-state index contributed by atoms with van der Waals surface area (Å²) in [7, 11) is 0. The number of fused-ring (bicyclic) bond motifs is 3. The number of hydrogen-bond acceptors (Lipinski definition) is 4. The van der Waals surface area contributed by atoms with Crippen molar-refractivity contribution in [2.24, 2.45) is 0 Å². The van der Waals surface area contributed by atoms with E-state index in [2.05, 4.69) is 109 Å². The van der Waals surface area contributed by atoms with Crippen molar-refractivity contribution in [2.45, 2.75) is 72.1 Å². The Labute approximate surface area is 264 Å². The molecule has 2 aromatic heterocycles. The summed E-state index contributed by atoms with van der Waals surface area (Å²) in [6.45, 7) is 17.8. The zero-order valence-corrected chi connectivity index (χ0v) is 27.9. The van der Waals surface area contributed by atoms with Crippen LogP contribution in [0.3, 0.4) is 0 Å². The first-order valence-electron chi connectivity index (χ1n) is 14.4. The maximum atomic E-state index is 10.9. The Bertz CT molecular complexity index is 1800. The average Bonchev–Trinajstić information content (AvgIpc) is 2.92. The molecular weight excluding hydrogens is 698 g/mol. The van der Waals surface area contributed by atoms with Crippen LogP contribution in [0.2, 0.25) is 0 Å². The summed E-state index contributed by atoms with van der Waals surface area (Å²) in [6, 6.07) is 26.8. The summed E-state index contributed by atoms with van der Waals surface area (Å²) in [5, 5.41) is 11.8. The second-order valence-corrected chi connectivity index (χ2v) is 13.2. The third kappa shape index (κ3) is 4.84. The van der Waals surface area contributed by atoms with Crippen molar-refractivity contribution in [3.63, 3.8) is 0 Å². The zero-order valence-electron chi connectivity index (χ0n) is 25.6. The largest absolute Gasteiger partial charge is 0.506 e. The standard InChI is InChI=1S/C37H38N3O.Pt/c1-22(2)26-20-24(29-16-13-25-27(36(4,5)6)15-17-32(41)35(25)39-29)21-31-34(26)37(7,8)28-14-12-23(3)19-30(28)40(31)33-11-9-10-18-38-33;/h9-20,22,41H,1-8H3;/q-1;. The number of aromatic hydroxyl groups is 1. The first kappa shape index (κ1) is 30.0. The van der Waals surface area contributed by atoms with Gasteiger partial charge in [0, 0.05) is 38.3 Å². The van der Waals surface area contributed by atoms with E-state index in [1.807, 2.05) is 24.4 Å². The van der Waals surface area contributed by atoms with Crippen LogP contribution in [-0.2, 0) is 31.9 Å². The third-order valence-electron chi connectivity index (χ3n) is 8.41. The van der Waals surface area contributed by atoms with E-state index in [1.165, 1.54) is 22.3 Å². The predicted octanol–water partition coefficient (Wildman–Crippen LogP) is 9.64. The van der Waals surface area contributed by atoms with Crippen molar-refractivity contribution in [1.82, 2.24) is 9.97 Å². The summed E-state index contributed by atoms with van der Waals surface area (Å²) in [6.07, 6.45) is 1.85. The van der Waals surface area contributed by atoms with Gasteiger partial charge in [-0.3, -0.25) is 4.98 Å². The smallest absolute Gasteiger partial charge is 0.140 e. The molecule has 1 aliphatic heterocycles. The fraction of sp³-hybridized carbons (Fsp3) is 0.297. The number of phenols is 1. The van der Waals surface area contributed by atoms with E-state index in [9.17, 15) is 5.11 Å². The van der Waals surface area contributed by atoms with E-state index in [4.69, 9.17) is 9.97 Å². The average molecular weight is 736 g/mol. The van der Waals surface area contributed by atoms with E-state index in [0.29, 0.717) is 5.52 Å². The minimum absolute atomic E-state index is 0. The minimum atomic E-state index is -0.241. The number of benzene rings is 3. The van der Waals surface area contributed by atoms with Crippen molar-refractivity contribution in [3.05, 3.63) is 107 Å². The van der Waals surface area contributed by atoms with E-state index in [1.54, 1.807) is 6.07 Å². The first-order chi connectivity index (χ1) is 19.4. The first-order valence-corrected chi connectivity index (χ1v) is 14.4. The van der Waals surface area contributed by atoms with Crippen molar-refractivity contribution in [2.75, 3.05) is 4.90 Å². The van der Waals surface area contributed by atoms with Gasteiger partial charge in [-0.1, -0.05) is 90.4 Å². The summed E-state index contributed by atoms with van der Waals surface area (Å²) < 4.78 is 0. The maximum absolute atomic E-state index is 10.9. The van der Waals surface area contributed by atoms with Gasteiger partial charge in [-0.15, -0.1) is 23.3 Å². The number of phenolic OH excluding ortho intramolecular Hbond substituents is 1. The second-order valence-electron chi connectivity index (χ2n) is 13.2. The third-order valence-corrected chi connectivity index (χ3v) is 8.41. The van der Waals surface area contributed by atoms with Gasteiger partial charge in [-0.05, 0) is 76.0 Å². The van der Waals surface area contributed by atoms with Crippen molar-refractivity contribution in [1.29, 1.82) is 0 Å². The van der Waals surface area contributed by atoms with Gasteiger partial charge < -0.3 is 10.0 Å². The molecular formula is C37H38N3OPt-. The molecule has 0 spiro atoms. The molecule has 0 saturated heterocycles. The van der Waals surface area contributed by atoms with Crippen molar-refractivity contribution < 1.29 is 26.2 Å². The van der Waals surface area contributed by atoms with Gasteiger partial charge in [0.1, 0.15) is 17.1 Å². The molecule has 0 unspecified atom stereocenters.